The average Bonchev–Trinajstić information content (AvgIpc) is 3.87. The number of halogens is 1. The first kappa shape index (κ1) is 29.6. The number of nitrogens with zero attached hydrogens (tertiary/aromatic N) is 3. The lowest BCUT2D eigenvalue weighted by Gasteiger charge is -2.36. The molecular weight excluding hydrogens is 597 g/mol. The zero-order valence-corrected chi connectivity index (χ0v) is 24.8. The van der Waals surface area contributed by atoms with Crippen molar-refractivity contribution >= 4 is 28.3 Å². The summed E-state index contributed by atoms with van der Waals surface area (Å²) in [5, 5.41) is 29.7. The molecule has 4 aromatic rings. The number of hydrogen-bond donors (Lipinski definition) is 3. The Morgan fingerprint density at radius 1 is 1.00 bits per heavy atom. The number of aromatic carboxylic acids is 1. The molecule has 1 saturated carbocycles. The van der Waals surface area contributed by atoms with E-state index in [1.807, 2.05) is 4.90 Å². The van der Waals surface area contributed by atoms with Crippen LogP contribution < -0.4 is 19.8 Å². The minimum absolute atomic E-state index is 0.0620. The van der Waals surface area contributed by atoms with Gasteiger partial charge in [0.1, 0.15) is 52.7 Å². The van der Waals surface area contributed by atoms with Gasteiger partial charge in [-0.25, -0.2) is 9.18 Å². The van der Waals surface area contributed by atoms with Crippen LogP contribution in [0.4, 0.5) is 10.1 Å². The first-order valence-corrected chi connectivity index (χ1v) is 15.2. The topological polar surface area (TPSA) is 142 Å². The molecule has 1 aliphatic carbocycles. The molecule has 3 aromatic carbocycles. The lowest BCUT2D eigenvalue weighted by molar-refractivity contribution is 0.0694. The second-order valence-corrected chi connectivity index (χ2v) is 12.0. The molecule has 11 nitrogen and oxygen atoms in total. The molecule has 1 atom stereocenters. The molecule has 1 aromatic heterocycles. The quantitative estimate of drug-likeness (QED) is 0.255. The van der Waals surface area contributed by atoms with Crippen molar-refractivity contribution in [2.75, 3.05) is 44.2 Å². The Morgan fingerprint density at radius 3 is 2.43 bits per heavy atom. The number of carbonyl (C=O) groups is 2. The fraction of sp³-hybridized carbons (Fsp3) is 0.324. The van der Waals surface area contributed by atoms with Crippen LogP contribution in [0.25, 0.3) is 10.9 Å². The van der Waals surface area contributed by atoms with Crippen LogP contribution >= 0.6 is 0 Å². The highest BCUT2D eigenvalue weighted by Gasteiger charge is 2.32. The Bertz CT molecular complexity index is 1910. The second kappa shape index (κ2) is 11.7. The lowest BCUT2D eigenvalue weighted by atomic mass is 9.95. The number of anilines is 1. The van der Waals surface area contributed by atoms with Crippen LogP contribution in [-0.2, 0) is 0 Å². The van der Waals surface area contributed by atoms with E-state index in [1.165, 1.54) is 24.4 Å². The predicted molar refractivity (Wildman–Crippen MR) is 166 cm³/mol. The van der Waals surface area contributed by atoms with Crippen LogP contribution in [0, 0.1) is 5.82 Å². The van der Waals surface area contributed by atoms with Crippen LogP contribution in [0.5, 0.6) is 23.0 Å². The molecule has 12 heteroatoms. The van der Waals surface area contributed by atoms with Crippen molar-refractivity contribution in [3.63, 3.8) is 0 Å². The minimum Gasteiger partial charge on any atom is -0.508 e. The van der Waals surface area contributed by atoms with Crippen molar-refractivity contribution in [3.8, 4) is 23.0 Å². The Balaban J connectivity index is 0.992. The van der Waals surface area contributed by atoms with E-state index in [0.29, 0.717) is 56.3 Å². The maximum Gasteiger partial charge on any atom is 0.341 e. The van der Waals surface area contributed by atoms with Crippen LogP contribution in [0.2, 0.25) is 0 Å². The van der Waals surface area contributed by atoms with Gasteiger partial charge in [-0.15, -0.1) is 0 Å². The molecule has 0 spiro atoms. The van der Waals surface area contributed by atoms with Gasteiger partial charge in [-0.05, 0) is 42.7 Å². The van der Waals surface area contributed by atoms with Crippen LogP contribution in [0.3, 0.4) is 0 Å². The summed E-state index contributed by atoms with van der Waals surface area (Å²) in [6.45, 7) is 3.22. The Labute approximate surface area is 262 Å². The average molecular weight is 630 g/mol. The Morgan fingerprint density at radius 2 is 1.74 bits per heavy atom. The standard InChI is InChI=1S/C34H32FN3O8/c35-25-15-23-26(38(20-3-4-20)18-24(33(23)42)34(43)44)16-27(25)37-9-7-36(8-10-37)11-12-45-22-13-28(40)32-29(41)17-30(46-31(32)14-22)19-1-5-21(39)6-2-19/h1-2,5-6,13-16,18,20,30,39-40H,3-4,7-12,17H2,(H,43,44). The van der Waals surface area contributed by atoms with Crippen molar-refractivity contribution in [2.24, 2.45) is 0 Å². The number of Topliss-reactive ketones (excluding diaryl/α,β-unsaturated/α-hetero) is 1. The number of aromatic hydroxyl groups is 2. The van der Waals surface area contributed by atoms with Crippen molar-refractivity contribution in [1.29, 1.82) is 0 Å². The fourth-order valence-corrected chi connectivity index (χ4v) is 6.29. The second-order valence-electron chi connectivity index (χ2n) is 12.0. The number of aromatic nitrogens is 1. The molecule has 0 amide bonds. The number of ether oxygens (including phenoxy) is 2. The first-order valence-electron chi connectivity index (χ1n) is 15.2. The maximum absolute atomic E-state index is 15.3. The SMILES string of the molecule is O=C1CC(c2ccc(O)cc2)Oc2cc(OCCN3CCN(c4cc5c(cc4F)c(=O)c(C(=O)O)cn5C4CC4)CC3)cc(O)c21. The molecule has 2 fully saturated rings. The van der Waals surface area contributed by atoms with Gasteiger partial charge in [0.15, 0.2) is 5.78 Å². The van der Waals surface area contributed by atoms with Crippen molar-refractivity contribution in [2.45, 2.75) is 31.4 Å². The van der Waals surface area contributed by atoms with E-state index in [1.54, 1.807) is 28.8 Å². The molecule has 2 aliphatic heterocycles. The van der Waals surface area contributed by atoms with E-state index in [9.17, 15) is 29.7 Å². The molecule has 46 heavy (non-hydrogen) atoms. The molecule has 0 radical (unpaired) electrons. The number of phenolic OH excluding ortho intramolecular Hbond substituents is 2. The van der Waals surface area contributed by atoms with Gasteiger partial charge in [0.2, 0.25) is 5.43 Å². The largest absolute Gasteiger partial charge is 0.508 e. The van der Waals surface area contributed by atoms with Gasteiger partial charge >= 0.3 is 5.97 Å². The number of ketones is 1. The molecule has 3 aliphatic rings. The van der Waals surface area contributed by atoms with E-state index < -0.39 is 23.3 Å². The monoisotopic (exact) mass is 629 g/mol. The number of carboxylic acids is 1. The van der Waals surface area contributed by atoms with Crippen molar-refractivity contribution in [3.05, 3.63) is 87.5 Å². The molecular formula is C34H32FN3O8. The van der Waals surface area contributed by atoms with E-state index in [2.05, 4.69) is 4.90 Å². The smallest absolute Gasteiger partial charge is 0.341 e. The Kier molecular flexibility index (Phi) is 7.52. The number of phenols is 2. The number of rotatable bonds is 8. The zero-order chi connectivity index (χ0) is 32.1. The normalized spacial score (nSPS) is 18.3. The fourth-order valence-electron chi connectivity index (χ4n) is 6.29. The van der Waals surface area contributed by atoms with Crippen molar-refractivity contribution in [1.82, 2.24) is 9.47 Å². The summed E-state index contributed by atoms with van der Waals surface area (Å²) in [4.78, 5) is 41.3. The molecule has 3 N–H and O–H groups in total. The van der Waals surface area contributed by atoms with Gasteiger partial charge in [0.05, 0.1) is 17.6 Å². The first-order chi connectivity index (χ1) is 22.2. The number of benzene rings is 3. The third-order valence-electron chi connectivity index (χ3n) is 8.90. The third kappa shape index (κ3) is 5.60. The van der Waals surface area contributed by atoms with Gasteiger partial charge in [0.25, 0.3) is 0 Å². The summed E-state index contributed by atoms with van der Waals surface area (Å²) in [5.74, 6) is -1.63. The van der Waals surface area contributed by atoms with Crippen LogP contribution in [-0.4, -0.2) is 75.9 Å². The summed E-state index contributed by atoms with van der Waals surface area (Å²) >= 11 is 0. The van der Waals surface area contributed by atoms with Gasteiger partial charge in [-0.3, -0.25) is 14.5 Å². The number of carboxylic acid groups (broad SMARTS) is 1. The number of pyridine rings is 1. The highest BCUT2D eigenvalue weighted by molar-refractivity contribution is 6.02. The number of fused-ring (bicyclic) bond motifs is 2. The predicted octanol–water partition coefficient (Wildman–Crippen LogP) is 4.49. The van der Waals surface area contributed by atoms with Gasteiger partial charge in [-0.1, -0.05) is 12.1 Å². The highest BCUT2D eigenvalue weighted by Crippen LogP contribution is 2.42. The van der Waals surface area contributed by atoms with Crippen LogP contribution in [0.15, 0.2) is 59.5 Å². The molecule has 238 valence electrons. The molecule has 3 heterocycles. The van der Waals surface area contributed by atoms with Gasteiger partial charge in [-0.2, -0.15) is 0 Å². The summed E-state index contributed by atoms with van der Waals surface area (Å²) in [7, 11) is 0. The summed E-state index contributed by atoms with van der Waals surface area (Å²) in [6, 6.07) is 12.4. The Hall–Kier alpha value is -5.10. The highest BCUT2D eigenvalue weighted by atomic mass is 19.1. The molecule has 7 rings (SSSR count). The molecule has 1 unspecified atom stereocenters. The summed E-state index contributed by atoms with van der Waals surface area (Å²) < 4.78 is 29.1. The van der Waals surface area contributed by atoms with E-state index in [0.717, 1.165) is 24.5 Å². The minimum atomic E-state index is -1.32. The van der Waals surface area contributed by atoms with Gasteiger partial charge in [0, 0.05) is 62.5 Å². The van der Waals surface area contributed by atoms with E-state index in [4.69, 9.17) is 9.47 Å². The van der Waals surface area contributed by atoms with Crippen molar-refractivity contribution < 1.29 is 38.8 Å². The third-order valence-corrected chi connectivity index (χ3v) is 8.90. The van der Waals surface area contributed by atoms with E-state index >= 15 is 4.39 Å². The molecule has 0 bridgehead atoms. The van der Waals surface area contributed by atoms with Crippen LogP contribution in [0.1, 0.15) is 57.7 Å². The summed E-state index contributed by atoms with van der Waals surface area (Å²) in [6.07, 6.45) is 2.64. The number of piperazine rings is 1. The summed E-state index contributed by atoms with van der Waals surface area (Å²) in [5.41, 5.74) is 0.735. The maximum atomic E-state index is 15.3. The van der Waals surface area contributed by atoms with Gasteiger partial charge < -0.3 is 34.3 Å². The lowest BCUT2D eigenvalue weighted by Crippen LogP contribution is -2.47. The molecule has 1 saturated heterocycles. The number of carbonyl (C=O) groups excluding carboxylic acids is 1. The zero-order valence-electron chi connectivity index (χ0n) is 24.8. The number of hydrogen-bond acceptors (Lipinski definition) is 9. The van der Waals surface area contributed by atoms with E-state index in [-0.39, 0.29) is 52.0 Å².